The van der Waals surface area contributed by atoms with E-state index in [1.807, 2.05) is 0 Å². The standard InChI is InChI=1S/4CH4O3S.BH3O3.Li.H/c4*1-5(2,3)4;2-1(3)4;;/h4*1H3,(H,2,3,4);2-4H;;. The van der Waals surface area contributed by atoms with Crippen LogP contribution in [-0.4, -0.2) is 118 Å². The van der Waals surface area contributed by atoms with Crippen molar-refractivity contribution in [2.24, 2.45) is 0 Å². The van der Waals surface area contributed by atoms with Crippen LogP contribution in [0.5, 0.6) is 0 Å². The maximum absolute atomic E-state index is 9.19. The summed E-state index contributed by atoms with van der Waals surface area (Å²) < 4.78 is 103. The van der Waals surface area contributed by atoms with Crippen molar-refractivity contribution in [2.75, 3.05) is 25.0 Å². The molecule has 0 saturated heterocycles. The molecule has 0 rings (SSSR count). The third-order valence-electron chi connectivity index (χ3n) is 0. The molecule has 0 atom stereocenters. The monoisotopic (exact) mass is 454 g/mol. The molecule has 0 saturated carbocycles. The van der Waals surface area contributed by atoms with Crippen molar-refractivity contribution in [1.29, 1.82) is 0 Å². The molecule has 0 unspecified atom stereocenters. The SMILES string of the molecule is CS(=O)(=O)O.CS(=O)(=O)O.CS(=O)(=O)O.CS(=O)(=O)O.OB(O)O.[LiH]. The Bertz CT molecular complexity index is 534. The fourth-order valence-corrected chi connectivity index (χ4v) is 0. The van der Waals surface area contributed by atoms with Gasteiger partial charge in [-0.2, -0.15) is 33.7 Å². The topological polar surface area (TPSA) is 278 Å². The first-order valence-electron chi connectivity index (χ1n) is 4.47. The van der Waals surface area contributed by atoms with Crippen LogP contribution in [0, 0.1) is 0 Å². The summed E-state index contributed by atoms with van der Waals surface area (Å²) in [6.07, 6.45) is 2.86. The predicted octanol–water partition coefficient (Wildman–Crippen LogP) is -4.68. The molecule has 0 heterocycles. The van der Waals surface area contributed by atoms with Crippen molar-refractivity contribution in [3.8, 4) is 0 Å². The summed E-state index contributed by atoms with van der Waals surface area (Å²) in [5.74, 6) is 0. The van der Waals surface area contributed by atoms with Crippen LogP contribution in [0.15, 0.2) is 0 Å². The van der Waals surface area contributed by atoms with E-state index in [-0.39, 0.29) is 18.9 Å². The summed E-state index contributed by atoms with van der Waals surface area (Å²) in [6, 6.07) is 0. The molecule has 0 fully saturated rings. The van der Waals surface area contributed by atoms with E-state index < -0.39 is 47.8 Å². The molecule has 0 aliphatic heterocycles. The van der Waals surface area contributed by atoms with E-state index in [2.05, 4.69) is 0 Å². The predicted molar refractivity (Wildman–Crippen MR) is 89.4 cm³/mol. The van der Waals surface area contributed by atoms with Crippen LogP contribution in [0.25, 0.3) is 0 Å². The zero-order valence-corrected chi connectivity index (χ0v) is 15.9. The van der Waals surface area contributed by atoms with Crippen molar-refractivity contribution in [1.82, 2.24) is 0 Å². The molecule has 0 spiro atoms. The van der Waals surface area contributed by atoms with Crippen LogP contribution in [0.3, 0.4) is 0 Å². The van der Waals surface area contributed by atoms with E-state index in [1.165, 1.54) is 0 Å². The van der Waals surface area contributed by atoms with Gasteiger partial charge in [-0.25, -0.2) is 0 Å². The molecule has 0 radical (unpaired) electrons. The van der Waals surface area contributed by atoms with Gasteiger partial charge in [0.2, 0.25) is 0 Å². The van der Waals surface area contributed by atoms with Gasteiger partial charge in [0.05, 0.1) is 25.0 Å². The molecular formula is C4H20BLiO15S4. The number of hydrogen-bond acceptors (Lipinski definition) is 11. The Morgan fingerprint density at radius 1 is 0.480 bits per heavy atom. The van der Waals surface area contributed by atoms with Crippen molar-refractivity contribution in [3.05, 3.63) is 0 Å². The molecule has 7 N–H and O–H groups in total. The molecule has 0 amide bonds. The third kappa shape index (κ3) is 358000. The van der Waals surface area contributed by atoms with E-state index in [9.17, 15) is 33.7 Å². The molecule has 0 bridgehead atoms. The van der Waals surface area contributed by atoms with Crippen LogP contribution in [0.1, 0.15) is 0 Å². The van der Waals surface area contributed by atoms with Gasteiger partial charge in [0.25, 0.3) is 40.5 Å². The van der Waals surface area contributed by atoms with E-state index in [0.29, 0.717) is 25.0 Å². The van der Waals surface area contributed by atoms with E-state index >= 15 is 0 Å². The summed E-state index contributed by atoms with van der Waals surface area (Å²) in [7, 11) is -16.8. The Hall–Kier alpha value is 0.182. The molecule has 0 aliphatic carbocycles. The van der Waals surface area contributed by atoms with Gasteiger partial charge in [0, 0.05) is 0 Å². The van der Waals surface area contributed by atoms with Gasteiger partial charge >= 0.3 is 26.2 Å². The fourth-order valence-electron chi connectivity index (χ4n) is 0. The zero-order valence-electron chi connectivity index (χ0n) is 12.6. The first-order chi connectivity index (χ1) is 9.73. The Morgan fingerprint density at radius 2 is 0.480 bits per heavy atom. The molecule has 0 aromatic rings. The summed E-state index contributed by atoms with van der Waals surface area (Å²) in [4.78, 5) is 0. The Labute approximate surface area is 158 Å². The van der Waals surface area contributed by atoms with Gasteiger partial charge in [-0.1, -0.05) is 0 Å². The third-order valence-corrected chi connectivity index (χ3v) is 0. The summed E-state index contributed by atoms with van der Waals surface area (Å²) >= 11 is 0. The zero-order chi connectivity index (χ0) is 21.6. The van der Waals surface area contributed by atoms with Gasteiger partial charge < -0.3 is 15.1 Å². The van der Waals surface area contributed by atoms with E-state index in [4.69, 9.17) is 33.3 Å². The van der Waals surface area contributed by atoms with Crippen molar-refractivity contribution < 1.29 is 67.0 Å². The van der Waals surface area contributed by atoms with Crippen LogP contribution in [-0.2, 0) is 40.5 Å². The average molecular weight is 454 g/mol. The number of hydrogen-bond donors (Lipinski definition) is 7. The molecule has 0 aromatic carbocycles. The molecule has 25 heavy (non-hydrogen) atoms. The van der Waals surface area contributed by atoms with Crippen LogP contribution < -0.4 is 0 Å². The Kier molecular flexibility index (Phi) is 28.2. The van der Waals surface area contributed by atoms with Gasteiger partial charge in [0.15, 0.2) is 0 Å². The van der Waals surface area contributed by atoms with Gasteiger partial charge in [0.1, 0.15) is 0 Å². The van der Waals surface area contributed by atoms with E-state index in [1.54, 1.807) is 0 Å². The van der Waals surface area contributed by atoms with E-state index in [0.717, 1.165) is 0 Å². The minimum atomic E-state index is -3.67. The Morgan fingerprint density at radius 3 is 0.480 bits per heavy atom. The van der Waals surface area contributed by atoms with Crippen molar-refractivity contribution in [2.45, 2.75) is 0 Å². The molecule has 15 nitrogen and oxygen atoms in total. The van der Waals surface area contributed by atoms with Gasteiger partial charge in [-0.3, -0.25) is 18.2 Å². The first-order valence-corrected chi connectivity index (χ1v) is 11.9. The minimum absolute atomic E-state index is 0. The Balaban J connectivity index is -0.0000000448. The second-order valence-electron chi connectivity index (χ2n) is 3.28. The van der Waals surface area contributed by atoms with Gasteiger partial charge in [-0.15, -0.1) is 0 Å². The second-order valence-corrected chi connectivity index (χ2v) is 9.14. The molecular weight excluding hydrogens is 434 g/mol. The molecule has 21 heteroatoms. The van der Waals surface area contributed by atoms with Crippen molar-refractivity contribution >= 4 is 66.7 Å². The quantitative estimate of drug-likeness (QED) is 0.134. The van der Waals surface area contributed by atoms with Gasteiger partial charge in [-0.05, 0) is 0 Å². The second kappa shape index (κ2) is 17.6. The summed E-state index contributed by atoms with van der Waals surface area (Å²) in [5, 5.41) is 21.5. The van der Waals surface area contributed by atoms with Crippen molar-refractivity contribution in [3.63, 3.8) is 0 Å². The van der Waals surface area contributed by atoms with Crippen LogP contribution in [0.4, 0.5) is 0 Å². The van der Waals surface area contributed by atoms with Crippen LogP contribution >= 0.6 is 0 Å². The molecule has 154 valence electrons. The molecule has 0 aromatic heterocycles. The summed E-state index contributed by atoms with van der Waals surface area (Å²) in [5.41, 5.74) is 0. The maximum atomic E-state index is 9.19. The first kappa shape index (κ1) is 40.0. The normalized spacial score (nSPS) is 10.4. The summed E-state index contributed by atoms with van der Waals surface area (Å²) in [6.45, 7) is 0. The number of rotatable bonds is 0. The van der Waals surface area contributed by atoms with Crippen LogP contribution in [0.2, 0.25) is 0 Å². The fraction of sp³-hybridized carbons (Fsp3) is 1.00. The molecule has 0 aliphatic rings. The average Bonchev–Trinajstić information content (AvgIpc) is 1.82.